The second-order valence-electron chi connectivity index (χ2n) is 8.36. The molecule has 0 saturated heterocycles. The third kappa shape index (κ3) is 3.95. The van der Waals surface area contributed by atoms with E-state index < -0.39 is 0 Å². The molecule has 2 aromatic heterocycles. The van der Waals surface area contributed by atoms with Crippen LogP contribution in [0.25, 0.3) is 16.6 Å². The summed E-state index contributed by atoms with van der Waals surface area (Å²) in [6, 6.07) is 18.1. The van der Waals surface area contributed by atoms with Crippen LogP contribution in [0.4, 0.5) is 10.5 Å². The second-order valence-corrected chi connectivity index (χ2v) is 8.36. The van der Waals surface area contributed by atoms with Crippen LogP contribution in [0.5, 0.6) is 0 Å². The molecule has 0 unspecified atom stereocenters. The van der Waals surface area contributed by atoms with Gasteiger partial charge in [0.05, 0.1) is 12.1 Å². The van der Waals surface area contributed by atoms with Crippen molar-refractivity contribution in [2.75, 3.05) is 5.32 Å². The van der Waals surface area contributed by atoms with Crippen molar-refractivity contribution >= 4 is 28.3 Å². The normalized spacial score (nSPS) is 14.7. The van der Waals surface area contributed by atoms with Crippen molar-refractivity contribution in [2.45, 2.75) is 51.6 Å². The Kier molecular flexibility index (Phi) is 5.24. The van der Waals surface area contributed by atoms with Crippen LogP contribution in [0.3, 0.4) is 0 Å². The number of rotatable bonds is 4. The number of nitrogens with zero attached hydrogens (tertiary/aromatic N) is 5. The maximum absolute atomic E-state index is 13.4. The Morgan fingerprint density at radius 1 is 1.10 bits per heavy atom. The molecule has 31 heavy (non-hydrogen) atoms. The number of carbonyl (C=O) groups is 1. The number of aryl methyl sites for hydroxylation is 1. The molecule has 0 aliphatic heterocycles. The fourth-order valence-electron chi connectivity index (χ4n) is 4.56. The molecule has 1 aliphatic carbocycles. The molecule has 2 amide bonds. The van der Waals surface area contributed by atoms with Gasteiger partial charge in [0.2, 0.25) is 0 Å². The number of hydrogen-bond donors (Lipinski definition) is 1. The maximum Gasteiger partial charge on any atom is 0.322 e. The Hall–Kier alpha value is -3.48. The molecule has 158 valence electrons. The molecule has 2 aromatic carbocycles. The SMILES string of the molecule is Cc1ccc2c(c1)cc(CN(C(=O)Nc1ccccc1)C1CCCCC1)c1nnnn12. The molecule has 1 fully saturated rings. The first-order valence-electron chi connectivity index (χ1n) is 10.9. The number of hydrogen-bond acceptors (Lipinski definition) is 4. The van der Waals surface area contributed by atoms with Gasteiger partial charge in [0.15, 0.2) is 5.65 Å². The zero-order valence-electron chi connectivity index (χ0n) is 17.7. The Balaban J connectivity index is 1.53. The summed E-state index contributed by atoms with van der Waals surface area (Å²) in [5.41, 5.74) is 4.60. The number of anilines is 1. The van der Waals surface area contributed by atoms with Crippen molar-refractivity contribution < 1.29 is 4.79 Å². The van der Waals surface area contributed by atoms with Crippen LogP contribution in [0.15, 0.2) is 54.6 Å². The molecule has 0 spiro atoms. The summed E-state index contributed by atoms with van der Waals surface area (Å²) in [7, 11) is 0. The van der Waals surface area contributed by atoms with Gasteiger partial charge in [-0.15, -0.1) is 5.10 Å². The molecule has 2 heterocycles. The van der Waals surface area contributed by atoms with Gasteiger partial charge in [0.25, 0.3) is 0 Å². The van der Waals surface area contributed by atoms with Crippen LogP contribution in [0, 0.1) is 6.92 Å². The standard InChI is InChI=1S/C24H26N6O/c1-17-12-13-22-18(14-17)15-19(23-26-27-28-30(22)23)16-29(21-10-6-3-7-11-21)24(31)25-20-8-4-2-5-9-20/h2,4-5,8-9,12-15,21H,3,6-7,10-11,16H2,1H3,(H,25,31). The average Bonchev–Trinajstić information content (AvgIpc) is 3.29. The predicted octanol–water partition coefficient (Wildman–Crippen LogP) is 4.95. The van der Waals surface area contributed by atoms with E-state index in [1.807, 2.05) is 41.3 Å². The highest BCUT2D eigenvalue weighted by molar-refractivity contribution is 5.90. The van der Waals surface area contributed by atoms with Gasteiger partial charge in [-0.2, -0.15) is 4.52 Å². The molecule has 7 heteroatoms. The van der Waals surface area contributed by atoms with E-state index in [0.29, 0.717) is 12.2 Å². The number of carbonyl (C=O) groups excluding carboxylic acids is 1. The smallest absolute Gasteiger partial charge is 0.317 e. The highest BCUT2D eigenvalue weighted by atomic mass is 16.2. The molecule has 0 bridgehead atoms. The van der Waals surface area contributed by atoms with Crippen molar-refractivity contribution in [1.82, 2.24) is 24.9 Å². The number of tetrazole rings is 1. The molecule has 1 N–H and O–H groups in total. The number of para-hydroxylation sites is 1. The van der Waals surface area contributed by atoms with Crippen LogP contribution in [-0.2, 0) is 6.54 Å². The molecule has 5 rings (SSSR count). The minimum Gasteiger partial charge on any atom is -0.317 e. The van der Waals surface area contributed by atoms with E-state index in [4.69, 9.17) is 0 Å². The minimum atomic E-state index is -0.0759. The quantitative estimate of drug-likeness (QED) is 0.512. The molecule has 0 atom stereocenters. The van der Waals surface area contributed by atoms with E-state index in [2.05, 4.69) is 46.0 Å². The van der Waals surface area contributed by atoms with E-state index >= 15 is 0 Å². The summed E-state index contributed by atoms with van der Waals surface area (Å²) in [6.07, 6.45) is 5.59. The summed E-state index contributed by atoms with van der Waals surface area (Å²) < 4.78 is 1.78. The molecule has 0 radical (unpaired) electrons. The van der Waals surface area contributed by atoms with Gasteiger partial charge in [0, 0.05) is 22.7 Å². The van der Waals surface area contributed by atoms with E-state index in [0.717, 1.165) is 47.8 Å². The predicted molar refractivity (Wildman–Crippen MR) is 121 cm³/mol. The van der Waals surface area contributed by atoms with Crippen molar-refractivity contribution in [1.29, 1.82) is 0 Å². The molecule has 7 nitrogen and oxygen atoms in total. The largest absolute Gasteiger partial charge is 0.322 e. The number of amides is 2. The summed E-state index contributed by atoms with van der Waals surface area (Å²) in [5.74, 6) is 0. The Labute approximate surface area is 181 Å². The van der Waals surface area contributed by atoms with Crippen LogP contribution in [0.1, 0.15) is 43.2 Å². The fourth-order valence-corrected chi connectivity index (χ4v) is 4.56. The topological polar surface area (TPSA) is 75.4 Å². The summed E-state index contributed by atoms with van der Waals surface area (Å²) in [4.78, 5) is 15.3. The van der Waals surface area contributed by atoms with Crippen molar-refractivity contribution in [3.8, 4) is 0 Å². The first kappa shape index (κ1) is 19.5. The highest BCUT2D eigenvalue weighted by Gasteiger charge is 2.27. The summed E-state index contributed by atoms with van der Waals surface area (Å²) in [5, 5.41) is 16.5. The highest BCUT2D eigenvalue weighted by Crippen LogP contribution is 2.27. The number of nitrogens with one attached hydrogen (secondary N) is 1. The Bertz CT molecular complexity index is 1210. The van der Waals surface area contributed by atoms with E-state index in [-0.39, 0.29) is 12.1 Å². The van der Waals surface area contributed by atoms with Gasteiger partial charge in [0.1, 0.15) is 0 Å². The Morgan fingerprint density at radius 3 is 2.71 bits per heavy atom. The third-order valence-corrected chi connectivity index (χ3v) is 6.14. The number of pyridine rings is 1. The van der Waals surface area contributed by atoms with Gasteiger partial charge >= 0.3 is 6.03 Å². The lowest BCUT2D eigenvalue weighted by atomic mass is 9.94. The minimum absolute atomic E-state index is 0.0759. The van der Waals surface area contributed by atoms with E-state index in [1.165, 1.54) is 12.0 Å². The first-order chi connectivity index (χ1) is 15.2. The van der Waals surface area contributed by atoms with E-state index in [9.17, 15) is 4.79 Å². The number of aromatic nitrogens is 4. The lowest BCUT2D eigenvalue weighted by Crippen LogP contribution is -2.43. The van der Waals surface area contributed by atoms with Crippen LogP contribution < -0.4 is 5.32 Å². The molecule has 1 saturated carbocycles. The molecule has 1 aliphatic rings. The number of urea groups is 1. The van der Waals surface area contributed by atoms with Crippen molar-refractivity contribution in [3.63, 3.8) is 0 Å². The third-order valence-electron chi connectivity index (χ3n) is 6.14. The van der Waals surface area contributed by atoms with Crippen molar-refractivity contribution in [3.05, 3.63) is 65.7 Å². The molecular weight excluding hydrogens is 388 g/mol. The maximum atomic E-state index is 13.4. The second kappa shape index (κ2) is 8.34. The first-order valence-corrected chi connectivity index (χ1v) is 10.9. The van der Waals surface area contributed by atoms with E-state index in [1.54, 1.807) is 4.52 Å². The van der Waals surface area contributed by atoms with Gasteiger partial charge in [-0.05, 0) is 60.5 Å². The average molecular weight is 415 g/mol. The lowest BCUT2D eigenvalue weighted by Gasteiger charge is -2.34. The van der Waals surface area contributed by atoms with Gasteiger partial charge in [-0.1, -0.05) is 49.1 Å². The fraction of sp³-hybridized carbons (Fsp3) is 0.333. The number of benzene rings is 2. The van der Waals surface area contributed by atoms with Crippen LogP contribution in [-0.4, -0.2) is 37.0 Å². The van der Waals surface area contributed by atoms with Gasteiger partial charge in [-0.3, -0.25) is 0 Å². The van der Waals surface area contributed by atoms with Crippen LogP contribution in [0.2, 0.25) is 0 Å². The summed E-state index contributed by atoms with van der Waals surface area (Å²) >= 11 is 0. The monoisotopic (exact) mass is 414 g/mol. The zero-order valence-corrected chi connectivity index (χ0v) is 17.7. The van der Waals surface area contributed by atoms with Gasteiger partial charge in [-0.25, -0.2) is 4.79 Å². The number of fused-ring (bicyclic) bond motifs is 3. The van der Waals surface area contributed by atoms with Gasteiger partial charge < -0.3 is 10.2 Å². The van der Waals surface area contributed by atoms with Crippen LogP contribution >= 0.6 is 0 Å². The molecule has 4 aromatic rings. The Morgan fingerprint density at radius 2 is 1.90 bits per heavy atom. The summed E-state index contributed by atoms with van der Waals surface area (Å²) in [6.45, 7) is 2.54. The van der Waals surface area contributed by atoms with Crippen molar-refractivity contribution in [2.24, 2.45) is 0 Å². The zero-order chi connectivity index (χ0) is 21.2. The lowest BCUT2D eigenvalue weighted by molar-refractivity contribution is 0.163. The molecular formula is C24H26N6O.